The molecule has 0 atom stereocenters. The first-order chi connectivity index (χ1) is 9.80. The van der Waals surface area contributed by atoms with Crippen LogP contribution >= 0.6 is 0 Å². The van der Waals surface area contributed by atoms with Gasteiger partial charge in [-0.2, -0.15) is 0 Å². The van der Waals surface area contributed by atoms with Crippen molar-refractivity contribution in [1.29, 1.82) is 0 Å². The van der Waals surface area contributed by atoms with Crippen molar-refractivity contribution in [3.63, 3.8) is 0 Å². The third kappa shape index (κ3) is 3.13. The molecule has 2 N–H and O–H groups in total. The van der Waals surface area contributed by atoms with E-state index in [0.29, 0.717) is 0 Å². The fraction of sp³-hybridized carbons (Fsp3) is 0.0714. The molecule has 0 saturated carbocycles. The molecule has 0 heterocycles. The molecule has 0 aliphatic carbocycles. The Bertz CT molecular complexity index is 653. The zero-order chi connectivity index (χ0) is 15.6. The van der Waals surface area contributed by atoms with E-state index in [1.54, 1.807) is 0 Å². The number of nitrogen functional groups attached to an aromatic ring is 1. The van der Waals surface area contributed by atoms with E-state index in [4.69, 9.17) is 5.73 Å². The molecule has 0 unspecified atom stereocenters. The maximum absolute atomic E-state index is 13.5. The Labute approximate surface area is 117 Å². The number of rotatable bonds is 2. The van der Waals surface area contributed by atoms with E-state index in [1.807, 2.05) is 0 Å². The Morgan fingerprint density at radius 2 is 1.57 bits per heavy atom. The summed E-state index contributed by atoms with van der Waals surface area (Å²) in [5.41, 5.74) is 4.55. The number of nitrogens with two attached hydrogens (primary N) is 1. The summed E-state index contributed by atoms with van der Waals surface area (Å²) in [4.78, 5) is 11.6. The van der Waals surface area contributed by atoms with Crippen molar-refractivity contribution in [3.8, 4) is 0 Å². The van der Waals surface area contributed by atoms with Crippen LogP contribution in [0.5, 0.6) is 0 Å². The van der Waals surface area contributed by atoms with Gasteiger partial charge in [0.25, 0.3) is 5.91 Å². The molecule has 2 rings (SSSR count). The molecule has 0 aromatic heterocycles. The van der Waals surface area contributed by atoms with Crippen LogP contribution in [0.4, 0.5) is 28.9 Å². The van der Waals surface area contributed by atoms with E-state index < -0.39 is 34.2 Å². The van der Waals surface area contributed by atoms with Crippen LogP contribution in [-0.4, -0.2) is 12.2 Å². The zero-order valence-electron chi connectivity index (χ0n) is 10.6. The smallest absolute Gasteiger partial charge is 0.399 e. The largest absolute Gasteiger partial charge is 0.491 e. The average Bonchev–Trinajstić information content (AvgIpc) is 2.40. The first-order valence-corrected chi connectivity index (χ1v) is 5.82. The normalized spacial score (nSPS) is 11.2. The van der Waals surface area contributed by atoms with E-state index in [2.05, 4.69) is 0 Å². The average molecular weight is 298 g/mol. The molecule has 0 fully saturated rings. The van der Waals surface area contributed by atoms with Crippen molar-refractivity contribution < 1.29 is 22.4 Å². The van der Waals surface area contributed by atoms with Crippen molar-refractivity contribution in [2.45, 2.75) is 6.30 Å². The Morgan fingerprint density at radius 1 is 1.00 bits per heavy atom. The third-order valence-corrected chi connectivity index (χ3v) is 2.71. The molecule has 2 aromatic rings. The van der Waals surface area contributed by atoms with Crippen molar-refractivity contribution in [2.24, 2.45) is 0 Å². The van der Waals surface area contributed by atoms with Gasteiger partial charge in [-0.25, -0.2) is 9.29 Å². The predicted octanol–water partition coefficient (Wildman–Crippen LogP) is 3.57. The van der Waals surface area contributed by atoms with Crippen molar-refractivity contribution in [1.82, 2.24) is 0 Å². The molecule has 2 aromatic carbocycles. The van der Waals surface area contributed by atoms with Gasteiger partial charge in [0.2, 0.25) is 0 Å². The lowest BCUT2D eigenvalue weighted by atomic mass is 10.1. The topological polar surface area (TPSA) is 46.3 Å². The van der Waals surface area contributed by atoms with Gasteiger partial charge in [-0.05, 0) is 36.4 Å². The first kappa shape index (κ1) is 14.8. The lowest BCUT2D eigenvalue weighted by molar-refractivity contribution is -0.122. The lowest BCUT2D eigenvalue weighted by Crippen LogP contribution is -2.43. The molecule has 21 heavy (non-hydrogen) atoms. The highest BCUT2D eigenvalue weighted by Gasteiger charge is 2.43. The fourth-order valence-electron chi connectivity index (χ4n) is 1.76. The number of nitrogens with zero attached hydrogens (tertiary/aromatic N) is 1. The van der Waals surface area contributed by atoms with Gasteiger partial charge >= 0.3 is 6.30 Å². The number of halogens is 4. The highest BCUT2D eigenvalue weighted by atomic mass is 19.4. The second-order valence-corrected chi connectivity index (χ2v) is 4.18. The monoisotopic (exact) mass is 298 g/mol. The Kier molecular flexibility index (Phi) is 3.84. The molecule has 0 aliphatic rings. The Morgan fingerprint density at radius 3 is 2.10 bits per heavy atom. The van der Waals surface area contributed by atoms with E-state index in [-0.39, 0.29) is 5.69 Å². The maximum atomic E-state index is 13.5. The quantitative estimate of drug-likeness (QED) is 0.523. The maximum Gasteiger partial charge on any atom is 0.491 e. The second-order valence-electron chi connectivity index (χ2n) is 4.18. The van der Waals surface area contributed by atoms with Crippen LogP contribution in [0.1, 0.15) is 10.4 Å². The van der Waals surface area contributed by atoms with E-state index in [1.165, 1.54) is 24.3 Å². The minimum Gasteiger partial charge on any atom is -0.399 e. The molecular weight excluding hydrogens is 288 g/mol. The number of hydrogen-bond donors (Lipinski definition) is 1. The van der Waals surface area contributed by atoms with Crippen LogP contribution in [0.3, 0.4) is 0 Å². The summed E-state index contributed by atoms with van der Waals surface area (Å²) in [6, 6.07) is 9.02. The Hall–Kier alpha value is -2.57. The molecular formula is C14H10F4N2O. The van der Waals surface area contributed by atoms with Crippen LogP contribution in [0.15, 0.2) is 48.5 Å². The van der Waals surface area contributed by atoms with E-state index in [0.717, 1.165) is 24.3 Å². The van der Waals surface area contributed by atoms with Crippen molar-refractivity contribution >= 4 is 17.3 Å². The zero-order valence-corrected chi connectivity index (χ0v) is 10.6. The number of benzene rings is 2. The fourth-order valence-corrected chi connectivity index (χ4v) is 1.76. The number of anilines is 2. The number of carbonyl (C=O) groups is 1. The van der Waals surface area contributed by atoms with Crippen molar-refractivity contribution in [2.75, 3.05) is 10.6 Å². The second kappa shape index (κ2) is 5.43. The van der Waals surface area contributed by atoms with Crippen LogP contribution in [-0.2, 0) is 0 Å². The minimum absolute atomic E-state index is 0.249. The molecule has 0 aliphatic heterocycles. The van der Waals surface area contributed by atoms with E-state index in [9.17, 15) is 22.4 Å². The van der Waals surface area contributed by atoms with Crippen LogP contribution in [0.25, 0.3) is 0 Å². The summed E-state index contributed by atoms with van der Waals surface area (Å²) in [6.07, 6.45) is -4.99. The van der Waals surface area contributed by atoms with Crippen LogP contribution < -0.4 is 10.6 Å². The van der Waals surface area contributed by atoms with Crippen LogP contribution in [0, 0.1) is 5.82 Å². The van der Waals surface area contributed by atoms with Gasteiger partial charge in [0.1, 0.15) is 5.82 Å². The van der Waals surface area contributed by atoms with Crippen LogP contribution in [0.2, 0.25) is 0 Å². The summed E-state index contributed by atoms with van der Waals surface area (Å²) in [5.74, 6) is -2.52. The summed E-state index contributed by atoms with van der Waals surface area (Å²) in [6.45, 7) is 0. The first-order valence-electron chi connectivity index (χ1n) is 5.82. The standard InChI is InChI=1S/C14H10F4N2O/c15-12-4-2-1-3-11(12)13(21)20(14(16,17)18)10-7-5-9(19)6-8-10/h1-8H,19H2. The summed E-state index contributed by atoms with van der Waals surface area (Å²) < 4.78 is 52.9. The third-order valence-electron chi connectivity index (χ3n) is 2.71. The number of amides is 1. The molecule has 110 valence electrons. The van der Waals surface area contributed by atoms with Gasteiger partial charge in [0.15, 0.2) is 0 Å². The van der Waals surface area contributed by atoms with Crippen molar-refractivity contribution in [3.05, 3.63) is 59.9 Å². The number of carbonyl (C=O) groups excluding carboxylic acids is 1. The molecule has 0 bridgehead atoms. The molecule has 0 spiro atoms. The number of alkyl halides is 3. The summed E-state index contributed by atoms with van der Waals surface area (Å²) >= 11 is 0. The predicted molar refractivity (Wildman–Crippen MR) is 70.1 cm³/mol. The van der Waals surface area contributed by atoms with Gasteiger partial charge < -0.3 is 5.73 Å². The highest BCUT2D eigenvalue weighted by Crippen LogP contribution is 2.31. The van der Waals surface area contributed by atoms with E-state index >= 15 is 0 Å². The van der Waals surface area contributed by atoms with Gasteiger partial charge in [-0.1, -0.05) is 12.1 Å². The van der Waals surface area contributed by atoms with Gasteiger partial charge in [-0.3, -0.25) is 4.79 Å². The summed E-state index contributed by atoms with van der Waals surface area (Å²) in [7, 11) is 0. The SMILES string of the molecule is Nc1ccc(N(C(=O)c2ccccc2F)C(F)(F)F)cc1. The molecule has 0 saturated heterocycles. The summed E-state index contributed by atoms with van der Waals surface area (Å²) in [5, 5.41) is 0. The number of hydrogen-bond acceptors (Lipinski definition) is 2. The van der Waals surface area contributed by atoms with Gasteiger partial charge in [0.05, 0.1) is 11.3 Å². The Balaban J connectivity index is 2.49. The highest BCUT2D eigenvalue weighted by molar-refractivity contribution is 6.06. The molecule has 7 heteroatoms. The minimum atomic E-state index is -4.99. The van der Waals surface area contributed by atoms with Gasteiger partial charge in [-0.15, -0.1) is 13.2 Å². The van der Waals surface area contributed by atoms with Gasteiger partial charge in [0, 0.05) is 5.69 Å². The molecule has 1 amide bonds. The molecule has 3 nitrogen and oxygen atoms in total. The lowest BCUT2D eigenvalue weighted by Gasteiger charge is -2.25. The molecule has 0 radical (unpaired) electrons.